The number of fused-ring (bicyclic) bond motifs is 1. The third kappa shape index (κ3) is 2.58. The molecule has 2 aromatic rings. The molecule has 0 saturated heterocycles. The number of carboxylic acid groups (broad SMARTS) is 1. The molecule has 0 bridgehead atoms. The topological polar surface area (TPSA) is 88.3 Å². The van der Waals surface area contributed by atoms with E-state index in [0.717, 1.165) is 0 Å². The second-order valence-electron chi connectivity index (χ2n) is 4.70. The maximum Gasteiger partial charge on any atom is 0.338 e. The molecule has 0 radical (unpaired) electrons. The van der Waals surface area contributed by atoms with E-state index in [2.05, 4.69) is 10.3 Å². The fourth-order valence-electron chi connectivity index (χ4n) is 2.33. The van der Waals surface area contributed by atoms with Crippen LogP contribution in [0.1, 0.15) is 37.2 Å². The predicted octanol–water partition coefficient (Wildman–Crippen LogP) is 1.56. The van der Waals surface area contributed by atoms with Crippen LogP contribution in [0.2, 0.25) is 0 Å². The molecule has 0 aliphatic heterocycles. The maximum atomic E-state index is 12.4. The Kier molecular flexibility index (Phi) is 4.21. The monoisotopic (exact) mass is 290 g/mol. The SMILES string of the molecule is CCN(CC)C(=O)C(C)n1nnc2c(C(=O)O)cccc21. The smallest absolute Gasteiger partial charge is 0.338 e. The quantitative estimate of drug-likeness (QED) is 0.902. The fourth-order valence-corrected chi connectivity index (χ4v) is 2.33. The highest BCUT2D eigenvalue weighted by atomic mass is 16.4. The molecule has 1 aromatic carbocycles. The first-order valence-electron chi connectivity index (χ1n) is 6.87. The van der Waals surface area contributed by atoms with Crippen LogP contribution < -0.4 is 0 Å². The number of amides is 1. The molecule has 0 aliphatic rings. The summed E-state index contributed by atoms with van der Waals surface area (Å²) in [7, 11) is 0. The van der Waals surface area contributed by atoms with Gasteiger partial charge in [0.05, 0.1) is 11.1 Å². The lowest BCUT2D eigenvalue weighted by atomic mass is 10.2. The van der Waals surface area contributed by atoms with Crippen molar-refractivity contribution in [3.05, 3.63) is 23.8 Å². The van der Waals surface area contributed by atoms with Crippen molar-refractivity contribution in [3.8, 4) is 0 Å². The van der Waals surface area contributed by atoms with Crippen LogP contribution in [0.25, 0.3) is 11.0 Å². The first-order chi connectivity index (χ1) is 10.0. The summed E-state index contributed by atoms with van der Waals surface area (Å²) in [6, 6.07) is 4.29. The Morgan fingerprint density at radius 3 is 2.57 bits per heavy atom. The van der Waals surface area contributed by atoms with Gasteiger partial charge in [0, 0.05) is 13.1 Å². The van der Waals surface area contributed by atoms with Crippen LogP contribution in [-0.4, -0.2) is 50.0 Å². The summed E-state index contributed by atoms with van der Waals surface area (Å²) in [5, 5.41) is 17.0. The van der Waals surface area contributed by atoms with Crippen LogP contribution in [0, 0.1) is 0 Å². The van der Waals surface area contributed by atoms with Gasteiger partial charge in [-0.1, -0.05) is 11.3 Å². The van der Waals surface area contributed by atoms with Crippen molar-refractivity contribution in [3.63, 3.8) is 0 Å². The third-order valence-corrected chi connectivity index (χ3v) is 3.53. The lowest BCUT2D eigenvalue weighted by Crippen LogP contribution is -2.36. The molecule has 2 rings (SSSR count). The Bertz CT molecular complexity index is 676. The van der Waals surface area contributed by atoms with Gasteiger partial charge in [-0.05, 0) is 32.9 Å². The third-order valence-electron chi connectivity index (χ3n) is 3.53. The minimum Gasteiger partial charge on any atom is -0.478 e. The molecule has 1 aromatic heterocycles. The van der Waals surface area contributed by atoms with Crippen molar-refractivity contribution in [1.29, 1.82) is 0 Å². The Labute approximate surface area is 122 Å². The average molecular weight is 290 g/mol. The number of carbonyl (C=O) groups is 2. The van der Waals surface area contributed by atoms with E-state index in [0.29, 0.717) is 24.1 Å². The zero-order valence-electron chi connectivity index (χ0n) is 12.3. The number of rotatable bonds is 5. The summed E-state index contributed by atoms with van der Waals surface area (Å²) >= 11 is 0. The summed E-state index contributed by atoms with van der Waals surface area (Å²) in [5.41, 5.74) is 0.924. The molecule has 0 fully saturated rings. The fraction of sp³-hybridized carbons (Fsp3) is 0.429. The maximum absolute atomic E-state index is 12.4. The zero-order valence-corrected chi connectivity index (χ0v) is 12.3. The van der Waals surface area contributed by atoms with Gasteiger partial charge in [0.15, 0.2) is 0 Å². The minimum atomic E-state index is -1.06. The molecule has 0 saturated carbocycles. The number of aromatic carboxylic acids is 1. The van der Waals surface area contributed by atoms with E-state index < -0.39 is 12.0 Å². The highest BCUT2D eigenvalue weighted by Gasteiger charge is 2.24. The van der Waals surface area contributed by atoms with E-state index >= 15 is 0 Å². The predicted molar refractivity (Wildman–Crippen MR) is 77.1 cm³/mol. The lowest BCUT2D eigenvalue weighted by molar-refractivity contribution is -0.134. The molecule has 7 nitrogen and oxygen atoms in total. The van der Waals surface area contributed by atoms with Gasteiger partial charge < -0.3 is 10.0 Å². The van der Waals surface area contributed by atoms with Crippen LogP contribution in [0.4, 0.5) is 0 Å². The van der Waals surface area contributed by atoms with Gasteiger partial charge in [-0.3, -0.25) is 4.79 Å². The Morgan fingerprint density at radius 2 is 2.00 bits per heavy atom. The molecule has 1 heterocycles. The number of nitrogens with zero attached hydrogens (tertiary/aromatic N) is 4. The molecule has 21 heavy (non-hydrogen) atoms. The normalized spacial score (nSPS) is 12.3. The van der Waals surface area contributed by atoms with Crippen molar-refractivity contribution < 1.29 is 14.7 Å². The Hall–Kier alpha value is -2.44. The molecule has 1 atom stereocenters. The second kappa shape index (κ2) is 5.90. The van der Waals surface area contributed by atoms with Crippen LogP contribution in [0.15, 0.2) is 18.2 Å². The van der Waals surface area contributed by atoms with Gasteiger partial charge in [-0.2, -0.15) is 0 Å². The van der Waals surface area contributed by atoms with E-state index in [1.54, 1.807) is 24.0 Å². The van der Waals surface area contributed by atoms with Gasteiger partial charge in [-0.15, -0.1) is 5.10 Å². The minimum absolute atomic E-state index is 0.0625. The van der Waals surface area contributed by atoms with Gasteiger partial charge in [0.1, 0.15) is 11.6 Å². The van der Waals surface area contributed by atoms with E-state index in [1.165, 1.54) is 10.7 Å². The number of hydrogen-bond donors (Lipinski definition) is 1. The average Bonchev–Trinajstić information content (AvgIpc) is 2.91. The molecule has 0 aliphatic carbocycles. The number of hydrogen-bond acceptors (Lipinski definition) is 4. The molecule has 0 spiro atoms. The number of carboxylic acids is 1. The van der Waals surface area contributed by atoms with Crippen LogP contribution in [0.3, 0.4) is 0 Å². The van der Waals surface area contributed by atoms with Crippen molar-refractivity contribution in [2.75, 3.05) is 13.1 Å². The molecule has 1 amide bonds. The number of likely N-dealkylation sites (N-methyl/N-ethyl adjacent to an activating group) is 1. The molecule has 7 heteroatoms. The van der Waals surface area contributed by atoms with Crippen molar-refractivity contribution in [2.45, 2.75) is 26.8 Å². The van der Waals surface area contributed by atoms with Crippen molar-refractivity contribution in [1.82, 2.24) is 19.9 Å². The molecule has 112 valence electrons. The Morgan fingerprint density at radius 1 is 1.33 bits per heavy atom. The van der Waals surface area contributed by atoms with Gasteiger partial charge in [0.25, 0.3) is 0 Å². The van der Waals surface area contributed by atoms with E-state index in [-0.39, 0.29) is 11.5 Å². The molecular weight excluding hydrogens is 272 g/mol. The standard InChI is InChI=1S/C14H18N4O3/c1-4-17(5-2)13(19)9(3)18-11-8-6-7-10(14(20)21)12(11)15-16-18/h6-9H,4-5H2,1-3H3,(H,20,21). The Balaban J connectivity index is 2.46. The highest BCUT2D eigenvalue weighted by Crippen LogP contribution is 2.20. The van der Waals surface area contributed by atoms with Crippen LogP contribution in [0.5, 0.6) is 0 Å². The van der Waals surface area contributed by atoms with Gasteiger partial charge in [-0.25, -0.2) is 9.48 Å². The molecular formula is C14H18N4O3. The van der Waals surface area contributed by atoms with Gasteiger partial charge >= 0.3 is 5.97 Å². The van der Waals surface area contributed by atoms with E-state index in [9.17, 15) is 9.59 Å². The van der Waals surface area contributed by atoms with Crippen LogP contribution >= 0.6 is 0 Å². The number of benzene rings is 1. The first kappa shape index (κ1) is 15.0. The number of carbonyl (C=O) groups excluding carboxylic acids is 1. The summed E-state index contributed by atoms with van der Waals surface area (Å²) in [6.45, 7) is 6.80. The van der Waals surface area contributed by atoms with Gasteiger partial charge in [0.2, 0.25) is 5.91 Å². The highest BCUT2D eigenvalue weighted by molar-refractivity contribution is 6.00. The summed E-state index contributed by atoms with van der Waals surface area (Å²) < 4.78 is 1.47. The molecule has 1 N–H and O–H groups in total. The van der Waals surface area contributed by atoms with Crippen molar-refractivity contribution in [2.24, 2.45) is 0 Å². The first-order valence-corrected chi connectivity index (χ1v) is 6.87. The number of aromatic nitrogens is 3. The zero-order chi connectivity index (χ0) is 15.6. The molecule has 1 unspecified atom stereocenters. The summed E-state index contributed by atoms with van der Waals surface area (Å²) in [6.07, 6.45) is 0. The van der Waals surface area contributed by atoms with Crippen LogP contribution in [-0.2, 0) is 4.79 Å². The summed E-state index contributed by atoms with van der Waals surface area (Å²) in [4.78, 5) is 25.3. The summed E-state index contributed by atoms with van der Waals surface area (Å²) in [5.74, 6) is -1.12. The second-order valence-corrected chi connectivity index (χ2v) is 4.70. The van der Waals surface area contributed by atoms with Crippen molar-refractivity contribution >= 4 is 22.9 Å². The largest absolute Gasteiger partial charge is 0.478 e. The lowest BCUT2D eigenvalue weighted by Gasteiger charge is -2.23. The van der Waals surface area contributed by atoms with E-state index in [1.807, 2.05) is 13.8 Å². The van der Waals surface area contributed by atoms with E-state index in [4.69, 9.17) is 5.11 Å².